The molecule has 26 heavy (non-hydrogen) atoms. The van der Waals surface area contributed by atoms with Crippen LogP contribution in [-0.4, -0.2) is 27.6 Å². The van der Waals surface area contributed by atoms with Crippen molar-refractivity contribution >= 4 is 46.3 Å². The summed E-state index contributed by atoms with van der Waals surface area (Å²) in [6.07, 6.45) is 2.67. The molecule has 1 fully saturated rings. The Morgan fingerprint density at radius 2 is 1.85 bits per heavy atom. The fourth-order valence-electron chi connectivity index (χ4n) is 2.44. The summed E-state index contributed by atoms with van der Waals surface area (Å²) in [5, 5.41) is 0. The predicted octanol–water partition coefficient (Wildman–Crippen LogP) is 4.52. The summed E-state index contributed by atoms with van der Waals surface area (Å²) in [5.74, 6) is -0.00486. The molecule has 0 aliphatic carbocycles. The van der Waals surface area contributed by atoms with E-state index in [0.717, 1.165) is 12.0 Å². The van der Waals surface area contributed by atoms with Crippen molar-refractivity contribution in [2.24, 2.45) is 0 Å². The fraction of sp³-hybridized carbons (Fsp3) is 0.150. The quantitative estimate of drug-likeness (QED) is 0.329. The molecule has 0 N–H and O–H groups in total. The molecule has 132 valence electrons. The molecular formula is C20H17NO3S2. The second-order valence-corrected chi connectivity index (χ2v) is 7.33. The van der Waals surface area contributed by atoms with E-state index in [1.165, 1.54) is 11.8 Å². The van der Waals surface area contributed by atoms with Gasteiger partial charge < -0.3 is 4.74 Å². The minimum atomic E-state index is -0.404. The Morgan fingerprint density at radius 3 is 2.50 bits per heavy atom. The number of amides is 1. The van der Waals surface area contributed by atoms with Gasteiger partial charge in [-0.05, 0) is 42.3 Å². The van der Waals surface area contributed by atoms with Gasteiger partial charge in [0.25, 0.3) is 5.91 Å². The van der Waals surface area contributed by atoms with Crippen molar-refractivity contribution in [3.05, 3.63) is 70.6 Å². The van der Waals surface area contributed by atoms with Crippen LogP contribution in [0.1, 0.15) is 29.3 Å². The van der Waals surface area contributed by atoms with Gasteiger partial charge in [-0.2, -0.15) is 0 Å². The summed E-state index contributed by atoms with van der Waals surface area (Å²) >= 11 is 6.57. The SMILES string of the molecule is CCCN1C(=O)/C(=C/c2ccc(OC(=O)c3ccccc3)cc2)SC1=S. The molecule has 3 rings (SSSR count). The number of benzene rings is 2. The number of rotatable bonds is 5. The standard InChI is InChI=1S/C20H17NO3S2/c1-2-12-21-18(22)17(26-20(21)25)13-14-8-10-16(11-9-14)24-19(23)15-6-4-3-5-7-15/h3-11,13H,2,12H2,1H3/b17-13-. The molecule has 0 bridgehead atoms. The van der Waals surface area contributed by atoms with Gasteiger partial charge in [0.1, 0.15) is 10.1 Å². The van der Waals surface area contributed by atoms with Crippen molar-refractivity contribution in [2.45, 2.75) is 13.3 Å². The average Bonchev–Trinajstić information content (AvgIpc) is 2.92. The van der Waals surface area contributed by atoms with Crippen molar-refractivity contribution in [3.63, 3.8) is 0 Å². The Morgan fingerprint density at radius 1 is 1.15 bits per heavy atom. The predicted molar refractivity (Wildman–Crippen MR) is 108 cm³/mol. The molecule has 0 unspecified atom stereocenters. The van der Waals surface area contributed by atoms with Crippen LogP contribution in [0.4, 0.5) is 0 Å². The summed E-state index contributed by atoms with van der Waals surface area (Å²) in [6.45, 7) is 2.65. The average molecular weight is 383 g/mol. The zero-order valence-electron chi connectivity index (χ0n) is 14.2. The molecule has 0 atom stereocenters. The second-order valence-electron chi connectivity index (χ2n) is 5.66. The number of carbonyl (C=O) groups is 2. The van der Waals surface area contributed by atoms with E-state index in [1.54, 1.807) is 59.5 Å². The smallest absolute Gasteiger partial charge is 0.343 e. The molecule has 1 saturated heterocycles. The lowest BCUT2D eigenvalue weighted by Crippen LogP contribution is -2.28. The highest BCUT2D eigenvalue weighted by Crippen LogP contribution is 2.32. The van der Waals surface area contributed by atoms with Gasteiger partial charge in [0, 0.05) is 6.54 Å². The van der Waals surface area contributed by atoms with Gasteiger partial charge in [-0.1, -0.05) is 61.2 Å². The molecule has 1 aliphatic rings. The van der Waals surface area contributed by atoms with E-state index in [1.807, 2.05) is 13.0 Å². The second kappa shape index (κ2) is 8.29. The molecule has 4 nitrogen and oxygen atoms in total. The van der Waals surface area contributed by atoms with E-state index in [4.69, 9.17) is 17.0 Å². The van der Waals surface area contributed by atoms with Gasteiger partial charge >= 0.3 is 5.97 Å². The number of carbonyl (C=O) groups excluding carboxylic acids is 2. The maximum Gasteiger partial charge on any atom is 0.343 e. The third-order valence-corrected chi connectivity index (χ3v) is 5.10. The van der Waals surface area contributed by atoms with Crippen LogP contribution in [0.15, 0.2) is 59.5 Å². The van der Waals surface area contributed by atoms with Crippen LogP contribution in [0.3, 0.4) is 0 Å². The van der Waals surface area contributed by atoms with E-state index in [9.17, 15) is 9.59 Å². The van der Waals surface area contributed by atoms with Crippen molar-refractivity contribution < 1.29 is 14.3 Å². The van der Waals surface area contributed by atoms with Crippen molar-refractivity contribution in [1.82, 2.24) is 4.90 Å². The van der Waals surface area contributed by atoms with E-state index in [2.05, 4.69) is 0 Å². The largest absolute Gasteiger partial charge is 0.423 e. The van der Waals surface area contributed by atoms with Crippen molar-refractivity contribution in [1.29, 1.82) is 0 Å². The number of hydrogen-bond donors (Lipinski definition) is 0. The highest BCUT2D eigenvalue weighted by molar-refractivity contribution is 8.26. The molecule has 1 heterocycles. The Bertz CT molecular complexity index is 860. The number of nitrogens with zero attached hydrogens (tertiary/aromatic N) is 1. The summed E-state index contributed by atoms with van der Waals surface area (Å²) in [4.78, 5) is 26.6. The zero-order valence-corrected chi connectivity index (χ0v) is 15.8. The number of esters is 1. The lowest BCUT2D eigenvalue weighted by Gasteiger charge is -2.11. The zero-order chi connectivity index (χ0) is 18.5. The highest BCUT2D eigenvalue weighted by Gasteiger charge is 2.31. The summed E-state index contributed by atoms with van der Waals surface area (Å²) in [5.41, 5.74) is 1.35. The Balaban J connectivity index is 1.69. The third-order valence-electron chi connectivity index (χ3n) is 3.72. The van der Waals surface area contributed by atoms with Gasteiger partial charge in [-0.3, -0.25) is 9.69 Å². The van der Waals surface area contributed by atoms with E-state index in [0.29, 0.717) is 27.1 Å². The number of thiocarbonyl (C=S) groups is 1. The Labute approximate surface area is 161 Å². The van der Waals surface area contributed by atoms with Crippen LogP contribution < -0.4 is 4.74 Å². The molecule has 0 aromatic heterocycles. The number of ether oxygens (including phenoxy) is 1. The van der Waals surface area contributed by atoms with E-state index >= 15 is 0 Å². The van der Waals surface area contributed by atoms with Crippen LogP contribution in [0.5, 0.6) is 5.75 Å². The molecule has 1 aliphatic heterocycles. The maximum absolute atomic E-state index is 12.4. The Kier molecular flexibility index (Phi) is 5.85. The van der Waals surface area contributed by atoms with Crippen LogP contribution in [-0.2, 0) is 4.79 Å². The molecule has 2 aromatic rings. The van der Waals surface area contributed by atoms with E-state index < -0.39 is 5.97 Å². The maximum atomic E-state index is 12.4. The third kappa shape index (κ3) is 4.20. The van der Waals surface area contributed by atoms with Crippen LogP contribution in [0, 0.1) is 0 Å². The van der Waals surface area contributed by atoms with Crippen molar-refractivity contribution in [3.8, 4) is 5.75 Å². The number of thioether (sulfide) groups is 1. The minimum Gasteiger partial charge on any atom is -0.423 e. The summed E-state index contributed by atoms with van der Waals surface area (Å²) < 4.78 is 5.95. The van der Waals surface area contributed by atoms with E-state index in [-0.39, 0.29) is 5.91 Å². The van der Waals surface area contributed by atoms with Crippen LogP contribution in [0.2, 0.25) is 0 Å². The van der Waals surface area contributed by atoms with Gasteiger partial charge in [0.2, 0.25) is 0 Å². The fourth-order valence-corrected chi connectivity index (χ4v) is 3.75. The molecule has 0 radical (unpaired) electrons. The number of hydrogen-bond acceptors (Lipinski definition) is 5. The van der Waals surface area contributed by atoms with Gasteiger partial charge in [0.05, 0.1) is 10.5 Å². The topological polar surface area (TPSA) is 46.6 Å². The first-order chi connectivity index (χ1) is 12.6. The van der Waals surface area contributed by atoms with Crippen LogP contribution in [0.25, 0.3) is 6.08 Å². The van der Waals surface area contributed by atoms with Gasteiger partial charge in [-0.25, -0.2) is 4.79 Å². The molecule has 0 saturated carbocycles. The van der Waals surface area contributed by atoms with Crippen molar-refractivity contribution in [2.75, 3.05) is 6.54 Å². The first-order valence-electron chi connectivity index (χ1n) is 8.21. The molecular weight excluding hydrogens is 366 g/mol. The minimum absolute atomic E-state index is 0.0542. The van der Waals surface area contributed by atoms with Crippen LogP contribution >= 0.6 is 24.0 Å². The van der Waals surface area contributed by atoms with Gasteiger partial charge in [-0.15, -0.1) is 0 Å². The monoisotopic (exact) mass is 383 g/mol. The molecule has 6 heteroatoms. The molecule has 1 amide bonds. The summed E-state index contributed by atoms with van der Waals surface area (Å²) in [7, 11) is 0. The summed E-state index contributed by atoms with van der Waals surface area (Å²) in [6, 6.07) is 15.8. The normalized spacial score (nSPS) is 15.6. The Hall–Kier alpha value is -2.44. The lowest BCUT2D eigenvalue weighted by atomic mass is 10.2. The van der Waals surface area contributed by atoms with Gasteiger partial charge in [0.15, 0.2) is 0 Å². The first kappa shape index (κ1) is 18.4. The molecule has 0 spiro atoms. The lowest BCUT2D eigenvalue weighted by molar-refractivity contribution is -0.122. The molecule has 2 aromatic carbocycles. The first-order valence-corrected chi connectivity index (χ1v) is 9.43. The highest BCUT2D eigenvalue weighted by atomic mass is 32.2.